The fourth-order valence-corrected chi connectivity index (χ4v) is 4.62. The monoisotopic (exact) mass is 422 g/mol. The molecular formula is C19H35FN2O5S. The van der Waals surface area contributed by atoms with Gasteiger partial charge in [-0.25, -0.2) is 4.39 Å². The van der Waals surface area contributed by atoms with Crippen LogP contribution >= 0.6 is 11.8 Å². The van der Waals surface area contributed by atoms with Gasteiger partial charge < -0.3 is 30.7 Å². The van der Waals surface area contributed by atoms with Crippen molar-refractivity contribution in [2.75, 3.05) is 12.8 Å². The number of amides is 1. The largest absolute Gasteiger partial charge is 0.388 e. The number of aliphatic hydroxyl groups is 3. The van der Waals surface area contributed by atoms with Crippen LogP contribution in [0.25, 0.3) is 0 Å². The molecule has 1 amide bonds. The van der Waals surface area contributed by atoms with Crippen molar-refractivity contribution < 1.29 is 29.2 Å². The van der Waals surface area contributed by atoms with Crippen LogP contribution in [0, 0.1) is 5.92 Å². The Hall–Kier alpha value is -0.450. The lowest BCUT2D eigenvalue weighted by atomic mass is 9.88. The van der Waals surface area contributed by atoms with Gasteiger partial charge in [0.25, 0.3) is 0 Å². The first-order chi connectivity index (χ1) is 13.1. The van der Waals surface area contributed by atoms with E-state index in [1.807, 2.05) is 20.8 Å². The molecule has 164 valence electrons. The Morgan fingerprint density at radius 3 is 2.57 bits per heavy atom. The molecule has 7 nitrogen and oxygen atoms in total. The van der Waals surface area contributed by atoms with Crippen molar-refractivity contribution in [3.05, 3.63) is 0 Å². The van der Waals surface area contributed by atoms with Gasteiger partial charge in [0.1, 0.15) is 35.5 Å². The van der Waals surface area contributed by atoms with Gasteiger partial charge in [0.05, 0.1) is 12.1 Å². The maximum atomic E-state index is 14.8. The maximum absolute atomic E-state index is 14.8. The zero-order valence-corrected chi connectivity index (χ0v) is 17.9. The molecule has 0 spiro atoms. The molecule has 2 heterocycles. The molecule has 5 N–H and O–H groups in total. The van der Waals surface area contributed by atoms with E-state index in [4.69, 9.17) is 4.74 Å². The highest BCUT2D eigenvalue weighted by molar-refractivity contribution is 7.99. The summed E-state index contributed by atoms with van der Waals surface area (Å²) in [4.78, 5) is 12.8. The second-order valence-corrected chi connectivity index (χ2v) is 9.28. The van der Waals surface area contributed by atoms with E-state index in [0.29, 0.717) is 6.42 Å². The quantitative estimate of drug-likeness (QED) is 0.389. The molecular weight excluding hydrogens is 387 g/mol. The highest BCUT2D eigenvalue weighted by atomic mass is 32.2. The summed E-state index contributed by atoms with van der Waals surface area (Å²) < 4.78 is 20.6. The van der Waals surface area contributed by atoms with Crippen LogP contribution in [0.15, 0.2) is 0 Å². The van der Waals surface area contributed by atoms with E-state index < -0.39 is 47.6 Å². The van der Waals surface area contributed by atoms with Crippen molar-refractivity contribution in [2.45, 2.75) is 94.1 Å². The molecule has 0 aromatic rings. The number of thioether (sulfide) groups is 1. The number of hydrogen-bond donors (Lipinski definition) is 5. The lowest BCUT2D eigenvalue weighted by molar-refractivity contribution is -0.208. The van der Waals surface area contributed by atoms with Gasteiger partial charge in [-0.2, -0.15) is 0 Å². The Morgan fingerprint density at radius 1 is 1.32 bits per heavy atom. The highest BCUT2D eigenvalue weighted by Gasteiger charge is 2.48. The number of aliphatic hydroxyl groups excluding tert-OH is 3. The summed E-state index contributed by atoms with van der Waals surface area (Å²) in [5.74, 6) is -0.447. The normalized spacial score (nSPS) is 39.9. The zero-order valence-electron chi connectivity index (χ0n) is 17.1. The third-order valence-electron chi connectivity index (χ3n) is 5.75. The number of ether oxygens (including phenoxy) is 1. The van der Waals surface area contributed by atoms with Crippen LogP contribution in [-0.2, 0) is 9.53 Å². The van der Waals surface area contributed by atoms with Crippen LogP contribution in [-0.4, -0.2) is 81.6 Å². The van der Waals surface area contributed by atoms with E-state index in [-0.39, 0.29) is 24.8 Å². The fraction of sp³-hybridized carbons (Fsp3) is 0.947. The Kier molecular flexibility index (Phi) is 8.54. The molecule has 0 radical (unpaired) electrons. The first-order valence-electron chi connectivity index (χ1n) is 10.1. The van der Waals surface area contributed by atoms with E-state index >= 15 is 0 Å². The summed E-state index contributed by atoms with van der Waals surface area (Å²) in [5, 5.41) is 36.5. The number of unbranched alkanes of at least 4 members (excludes halogenated alkanes) is 1. The Bertz CT molecular complexity index is 527. The molecule has 2 aliphatic heterocycles. The molecule has 8 atom stereocenters. The summed E-state index contributed by atoms with van der Waals surface area (Å²) in [6.07, 6.45) is -0.844. The van der Waals surface area contributed by atoms with Gasteiger partial charge in [-0.3, -0.25) is 4.79 Å². The minimum Gasteiger partial charge on any atom is -0.388 e. The molecule has 0 bridgehead atoms. The van der Waals surface area contributed by atoms with Gasteiger partial charge in [0.2, 0.25) is 5.91 Å². The lowest BCUT2D eigenvalue weighted by Crippen LogP contribution is -2.64. The summed E-state index contributed by atoms with van der Waals surface area (Å²) in [6.45, 7) is 5.90. The predicted octanol–water partition coefficient (Wildman–Crippen LogP) is 0.558. The molecule has 2 aliphatic rings. The van der Waals surface area contributed by atoms with Gasteiger partial charge in [-0.05, 0) is 18.6 Å². The average molecular weight is 423 g/mol. The minimum atomic E-state index is -1.38. The fourth-order valence-electron chi connectivity index (χ4n) is 3.94. The van der Waals surface area contributed by atoms with E-state index in [1.165, 1.54) is 11.8 Å². The molecule has 0 aromatic heterocycles. The smallest absolute Gasteiger partial charge is 0.237 e. The first kappa shape index (κ1) is 23.8. The van der Waals surface area contributed by atoms with Gasteiger partial charge in [0, 0.05) is 13.0 Å². The van der Waals surface area contributed by atoms with Crippen molar-refractivity contribution in [3.8, 4) is 0 Å². The molecule has 0 aliphatic carbocycles. The maximum Gasteiger partial charge on any atom is 0.237 e. The molecule has 9 heteroatoms. The van der Waals surface area contributed by atoms with Crippen LogP contribution in [0.5, 0.6) is 0 Å². The molecule has 2 fully saturated rings. The number of hydrogen-bond acceptors (Lipinski definition) is 7. The zero-order chi connectivity index (χ0) is 21.1. The predicted molar refractivity (Wildman–Crippen MR) is 107 cm³/mol. The average Bonchev–Trinajstić information content (AvgIpc) is 3.05. The first-order valence-corrected chi connectivity index (χ1v) is 11.4. The molecule has 28 heavy (non-hydrogen) atoms. The number of carbonyl (C=O) groups excluding carboxylic acids is 1. The van der Waals surface area contributed by atoms with E-state index in [9.17, 15) is 24.5 Å². The third-order valence-corrected chi connectivity index (χ3v) is 6.60. The highest BCUT2D eigenvalue weighted by Crippen LogP contribution is 2.32. The van der Waals surface area contributed by atoms with Crippen molar-refractivity contribution in [3.63, 3.8) is 0 Å². The van der Waals surface area contributed by atoms with Crippen molar-refractivity contribution in [1.82, 2.24) is 10.6 Å². The van der Waals surface area contributed by atoms with Crippen molar-refractivity contribution in [1.29, 1.82) is 0 Å². The molecule has 0 saturated carbocycles. The number of carbonyl (C=O) groups is 1. The molecule has 2 rings (SSSR count). The van der Waals surface area contributed by atoms with Crippen molar-refractivity contribution >= 4 is 17.7 Å². The number of halogens is 1. The van der Waals surface area contributed by atoms with Crippen LogP contribution in [0.2, 0.25) is 0 Å². The van der Waals surface area contributed by atoms with Crippen LogP contribution < -0.4 is 10.6 Å². The topological polar surface area (TPSA) is 111 Å². The summed E-state index contributed by atoms with van der Waals surface area (Å²) in [6, 6.07) is -1.23. The van der Waals surface area contributed by atoms with E-state index in [0.717, 1.165) is 12.8 Å². The third kappa shape index (κ3) is 5.37. The van der Waals surface area contributed by atoms with Gasteiger partial charge >= 0.3 is 0 Å². The Balaban J connectivity index is 2.05. The van der Waals surface area contributed by atoms with E-state index in [2.05, 4.69) is 10.6 Å². The summed E-state index contributed by atoms with van der Waals surface area (Å²) in [7, 11) is 0. The van der Waals surface area contributed by atoms with Crippen LogP contribution in [0.3, 0.4) is 0 Å². The van der Waals surface area contributed by atoms with Gasteiger partial charge in [-0.1, -0.05) is 33.6 Å². The number of rotatable bonds is 8. The number of alkyl halides is 1. The SMILES string of the molecule is CCCCC1(F)CNC(C(=O)NC(C(C)C)C2OC(SC)C(O)C(O)C2O)C1. The van der Waals surface area contributed by atoms with Crippen LogP contribution in [0.4, 0.5) is 4.39 Å². The molecule has 8 unspecified atom stereocenters. The summed E-state index contributed by atoms with van der Waals surface area (Å²) in [5.41, 5.74) is -2.09. The standard InChI is InChI=1S/C19H35FN2O5S/c1-5-6-7-19(20)8-11(21-9-19)17(26)22-12(10(2)3)16-14(24)13(23)15(25)18(27-16)28-4/h10-16,18,21,23-25H,5-9H2,1-4H3,(H,22,26). The van der Waals surface area contributed by atoms with Crippen molar-refractivity contribution in [2.24, 2.45) is 5.92 Å². The van der Waals surface area contributed by atoms with Gasteiger partial charge in [-0.15, -0.1) is 11.8 Å². The van der Waals surface area contributed by atoms with Gasteiger partial charge in [0.15, 0.2) is 0 Å². The molecule has 2 saturated heterocycles. The Morgan fingerprint density at radius 2 is 2.00 bits per heavy atom. The Labute approximate surface area is 170 Å². The second-order valence-electron chi connectivity index (χ2n) is 8.35. The van der Waals surface area contributed by atoms with Crippen LogP contribution in [0.1, 0.15) is 46.5 Å². The lowest BCUT2D eigenvalue weighted by Gasteiger charge is -2.44. The molecule has 0 aromatic carbocycles. The summed E-state index contributed by atoms with van der Waals surface area (Å²) >= 11 is 1.23. The second kappa shape index (κ2) is 10.0. The minimum absolute atomic E-state index is 0.106. The number of nitrogens with one attached hydrogen (secondary N) is 2. The van der Waals surface area contributed by atoms with E-state index in [1.54, 1.807) is 6.26 Å².